The lowest BCUT2D eigenvalue weighted by molar-refractivity contribution is -0.123. The molecule has 0 radical (unpaired) electrons. The van der Waals surface area contributed by atoms with Gasteiger partial charge < -0.3 is 24.6 Å². The second kappa shape index (κ2) is 10.8. The topological polar surface area (TPSA) is 88.2 Å². The zero-order valence-electron chi connectivity index (χ0n) is 20.7. The number of piperidine rings is 1. The van der Waals surface area contributed by atoms with Crippen molar-refractivity contribution in [3.63, 3.8) is 0 Å². The maximum absolute atomic E-state index is 14.5. The molecule has 1 aromatic carbocycles. The Bertz CT molecular complexity index is 937. The molecule has 0 bridgehead atoms. The van der Waals surface area contributed by atoms with E-state index >= 15 is 0 Å². The molecule has 1 spiro atoms. The van der Waals surface area contributed by atoms with Gasteiger partial charge in [-0.05, 0) is 75.8 Å². The minimum absolute atomic E-state index is 0.0460. The molecule has 0 unspecified atom stereocenters. The van der Waals surface area contributed by atoms with Crippen molar-refractivity contribution in [1.82, 2.24) is 15.1 Å². The third-order valence-corrected chi connectivity index (χ3v) is 7.38. The number of carbonyl (C=O) groups excluding carboxylic acids is 3. The number of hydrogen-bond acceptors (Lipinski definition) is 5. The van der Waals surface area contributed by atoms with Gasteiger partial charge in [0.15, 0.2) is 0 Å². The molecule has 1 N–H and O–H groups in total. The third kappa shape index (κ3) is 6.24. The fourth-order valence-corrected chi connectivity index (χ4v) is 5.52. The average molecular weight is 490 g/mol. The van der Waals surface area contributed by atoms with Crippen LogP contribution in [-0.4, -0.2) is 73.1 Å². The lowest BCUT2D eigenvalue weighted by Gasteiger charge is -2.52. The number of nitrogens with one attached hydrogen (secondary N) is 1. The SMILES string of the molecule is CC(C)OC(=O)N1CCC2(CC1)CC(CCCOc1ccc(C(=O)N3CCNC(=O)C3)c(F)c1)C2. The van der Waals surface area contributed by atoms with Gasteiger partial charge in [0.25, 0.3) is 5.91 Å². The van der Waals surface area contributed by atoms with E-state index in [1.54, 1.807) is 6.07 Å². The van der Waals surface area contributed by atoms with Crippen LogP contribution in [0.2, 0.25) is 0 Å². The highest BCUT2D eigenvalue weighted by atomic mass is 19.1. The van der Waals surface area contributed by atoms with Crippen molar-refractivity contribution in [2.24, 2.45) is 11.3 Å². The molecule has 192 valence electrons. The van der Waals surface area contributed by atoms with Crippen LogP contribution < -0.4 is 10.1 Å². The van der Waals surface area contributed by atoms with Crippen molar-refractivity contribution in [3.05, 3.63) is 29.6 Å². The van der Waals surface area contributed by atoms with Crippen LogP contribution in [-0.2, 0) is 9.53 Å². The summed E-state index contributed by atoms with van der Waals surface area (Å²) < 4.78 is 25.6. The van der Waals surface area contributed by atoms with Crippen LogP contribution in [0, 0.1) is 17.2 Å². The van der Waals surface area contributed by atoms with Gasteiger partial charge in [0, 0.05) is 32.2 Å². The molecule has 1 aromatic rings. The summed E-state index contributed by atoms with van der Waals surface area (Å²) in [6, 6.07) is 4.28. The van der Waals surface area contributed by atoms with Crippen LogP contribution in [0.15, 0.2) is 18.2 Å². The van der Waals surface area contributed by atoms with Gasteiger partial charge in [0.2, 0.25) is 5.91 Å². The lowest BCUT2D eigenvalue weighted by atomic mass is 9.56. The smallest absolute Gasteiger partial charge is 0.410 e. The number of benzene rings is 1. The van der Waals surface area contributed by atoms with E-state index in [2.05, 4.69) is 5.32 Å². The summed E-state index contributed by atoms with van der Waals surface area (Å²) >= 11 is 0. The van der Waals surface area contributed by atoms with Crippen molar-refractivity contribution in [3.8, 4) is 5.75 Å². The van der Waals surface area contributed by atoms with E-state index in [4.69, 9.17) is 9.47 Å². The monoisotopic (exact) mass is 489 g/mol. The Kier molecular flexibility index (Phi) is 7.82. The Balaban J connectivity index is 1.14. The highest BCUT2D eigenvalue weighted by Crippen LogP contribution is 2.54. The Morgan fingerprint density at radius 2 is 1.91 bits per heavy atom. The van der Waals surface area contributed by atoms with Gasteiger partial charge >= 0.3 is 6.09 Å². The van der Waals surface area contributed by atoms with Crippen LogP contribution >= 0.6 is 0 Å². The lowest BCUT2D eigenvalue weighted by Crippen LogP contribution is -2.50. The minimum atomic E-state index is -0.636. The molecule has 3 amide bonds. The summed E-state index contributed by atoms with van der Waals surface area (Å²) in [5.74, 6) is -0.278. The molecule has 2 saturated heterocycles. The molecule has 0 atom stereocenters. The van der Waals surface area contributed by atoms with Crippen LogP contribution in [0.5, 0.6) is 5.75 Å². The van der Waals surface area contributed by atoms with Crippen molar-refractivity contribution in [1.29, 1.82) is 0 Å². The predicted octanol–water partition coefficient (Wildman–Crippen LogP) is 3.59. The maximum atomic E-state index is 14.5. The molecule has 3 aliphatic rings. The number of likely N-dealkylation sites (tertiary alicyclic amines) is 1. The molecular weight excluding hydrogens is 453 g/mol. The first-order chi connectivity index (χ1) is 16.7. The Hall–Kier alpha value is -2.84. The van der Waals surface area contributed by atoms with E-state index in [0.29, 0.717) is 36.8 Å². The van der Waals surface area contributed by atoms with E-state index in [1.165, 1.54) is 29.9 Å². The normalized spacial score (nSPS) is 19.9. The zero-order valence-corrected chi connectivity index (χ0v) is 20.7. The first kappa shape index (κ1) is 25.3. The second-order valence-corrected chi connectivity index (χ2v) is 10.4. The minimum Gasteiger partial charge on any atom is -0.493 e. The molecule has 8 nitrogen and oxygen atoms in total. The summed E-state index contributed by atoms with van der Waals surface area (Å²) in [5, 5.41) is 2.65. The summed E-state index contributed by atoms with van der Waals surface area (Å²) in [6.07, 6.45) is 6.14. The van der Waals surface area contributed by atoms with E-state index in [0.717, 1.165) is 38.8 Å². The number of carbonyl (C=O) groups is 3. The van der Waals surface area contributed by atoms with Gasteiger partial charge in [-0.2, -0.15) is 0 Å². The molecular formula is C26H36FN3O5. The Labute approximate surface area is 206 Å². The molecule has 1 aliphatic carbocycles. The van der Waals surface area contributed by atoms with Gasteiger partial charge in [-0.15, -0.1) is 0 Å². The van der Waals surface area contributed by atoms with Crippen LogP contribution in [0.4, 0.5) is 9.18 Å². The van der Waals surface area contributed by atoms with Crippen molar-refractivity contribution in [2.45, 2.75) is 58.5 Å². The first-order valence-electron chi connectivity index (χ1n) is 12.7. The second-order valence-electron chi connectivity index (χ2n) is 10.4. The number of ether oxygens (including phenoxy) is 2. The average Bonchev–Trinajstić information content (AvgIpc) is 2.80. The fourth-order valence-electron chi connectivity index (χ4n) is 5.52. The van der Waals surface area contributed by atoms with Crippen LogP contribution in [0.25, 0.3) is 0 Å². The van der Waals surface area contributed by atoms with Gasteiger partial charge in [-0.1, -0.05) is 0 Å². The molecule has 2 heterocycles. The summed E-state index contributed by atoms with van der Waals surface area (Å²) in [4.78, 5) is 39.3. The third-order valence-electron chi connectivity index (χ3n) is 7.38. The van der Waals surface area contributed by atoms with Gasteiger partial charge in [-0.25, -0.2) is 9.18 Å². The number of halogens is 1. The Morgan fingerprint density at radius 3 is 2.57 bits per heavy atom. The van der Waals surface area contributed by atoms with Crippen molar-refractivity contribution in [2.75, 3.05) is 39.3 Å². The fraction of sp³-hybridized carbons (Fsp3) is 0.654. The summed E-state index contributed by atoms with van der Waals surface area (Å²) in [5.41, 5.74) is 0.330. The maximum Gasteiger partial charge on any atom is 0.410 e. The molecule has 2 aliphatic heterocycles. The molecule has 35 heavy (non-hydrogen) atoms. The van der Waals surface area contributed by atoms with E-state index in [1.807, 2.05) is 18.7 Å². The van der Waals surface area contributed by atoms with E-state index < -0.39 is 11.7 Å². The van der Waals surface area contributed by atoms with Crippen molar-refractivity contribution >= 4 is 17.9 Å². The zero-order chi connectivity index (χ0) is 25.0. The van der Waals surface area contributed by atoms with Gasteiger partial charge in [0.05, 0.1) is 24.8 Å². The molecule has 0 aromatic heterocycles. The highest BCUT2D eigenvalue weighted by Gasteiger charge is 2.46. The number of hydrogen-bond donors (Lipinski definition) is 1. The molecule has 9 heteroatoms. The van der Waals surface area contributed by atoms with E-state index in [-0.39, 0.29) is 30.2 Å². The predicted molar refractivity (Wildman–Crippen MR) is 128 cm³/mol. The number of piperazine rings is 1. The summed E-state index contributed by atoms with van der Waals surface area (Å²) in [6.45, 7) is 6.48. The highest BCUT2D eigenvalue weighted by molar-refractivity contribution is 5.97. The first-order valence-corrected chi connectivity index (χ1v) is 12.7. The van der Waals surface area contributed by atoms with Crippen LogP contribution in [0.3, 0.4) is 0 Å². The van der Waals surface area contributed by atoms with Crippen LogP contribution in [0.1, 0.15) is 62.7 Å². The number of nitrogens with zero attached hydrogens (tertiary/aromatic N) is 2. The molecule has 1 saturated carbocycles. The van der Waals surface area contributed by atoms with Gasteiger partial charge in [-0.3, -0.25) is 9.59 Å². The largest absolute Gasteiger partial charge is 0.493 e. The molecule has 3 fully saturated rings. The summed E-state index contributed by atoms with van der Waals surface area (Å²) in [7, 11) is 0. The number of rotatable bonds is 7. The molecule has 4 rings (SSSR count). The Morgan fingerprint density at radius 1 is 1.17 bits per heavy atom. The standard InChI is InChI=1S/C26H36FN3O5/c1-18(2)35-25(33)29-10-7-26(8-11-29)15-19(16-26)4-3-13-34-20-5-6-21(22(27)14-20)24(32)30-12-9-28-23(31)17-30/h5-6,14,18-19H,3-4,7-13,15-17H2,1-2H3,(H,28,31). The van der Waals surface area contributed by atoms with E-state index in [9.17, 15) is 18.8 Å². The number of amides is 3. The quantitative estimate of drug-likeness (QED) is 0.592. The van der Waals surface area contributed by atoms with Gasteiger partial charge in [0.1, 0.15) is 11.6 Å². The van der Waals surface area contributed by atoms with Crippen molar-refractivity contribution < 1.29 is 28.2 Å².